The summed E-state index contributed by atoms with van der Waals surface area (Å²) in [4.78, 5) is 9.70. The molecule has 4 heteroatoms. The molecule has 0 fully saturated rings. The molecular formula is C3H6GeNaO2. The number of aliphatic carboxylic acids is 1. The van der Waals surface area contributed by atoms with Crippen LogP contribution in [0.5, 0.6) is 0 Å². The number of carbonyl (C=O) groups is 1. The summed E-state index contributed by atoms with van der Waals surface area (Å²) in [5, 5.41) is 7.99. The third kappa shape index (κ3) is 7.01. The molecule has 3 radical (unpaired) electrons. The second-order valence-corrected chi connectivity index (χ2v) is 2.88. The van der Waals surface area contributed by atoms with E-state index in [9.17, 15) is 4.79 Å². The maximum absolute atomic E-state index is 9.70. The van der Waals surface area contributed by atoms with E-state index in [0.29, 0.717) is 0 Å². The van der Waals surface area contributed by atoms with E-state index >= 15 is 0 Å². The summed E-state index contributed by atoms with van der Waals surface area (Å²) in [6, 6.07) is 0. The fraction of sp³-hybridized carbons (Fsp3) is 0.667. The van der Waals surface area contributed by atoms with Crippen LogP contribution >= 0.6 is 0 Å². The Hall–Kier alpha value is 1.01. The summed E-state index contributed by atoms with van der Waals surface area (Å²) in [6.45, 7) is 1.64. The van der Waals surface area contributed by atoms with Gasteiger partial charge in [-0.05, 0) is 0 Å². The van der Waals surface area contributed by atoms with E-state index in [1.54, 1.807) is 23.4 Å². The molecular weight excluding hydrogens is 164 g/mol. The molecule has 0 bridgehead atoms. The van der Waals surface area contributed by atoms with Crippen molar-refractivity contribution in [1.29, 1.82) is 0 Å². The second kappa shape index (κ2) is 5.16. The standard InChI is InChI=1S/C3H5GeO2.Na.H/c1-2(4)3(5)6;;/h2H,1H3,(H,5,6);;. The molecule has 0 aromatic rings. The van der Waals surface area contributed by atoms with Crippen LogP contribution in [0.15, 0.2) is 0 Å². The first-order valence-electron chi connectivity index (χ1n) is 1.58. The van der Waals surface area contributed by atoms with Gasteiger partial charge in [-0.2, -0.15) is 0 Å². The van der Waals surface area contributed by atoms with Gasteiger partial charge in [0.15, 0.2) is 0 Å². The quantitative estimate of drug-likeness (QED) is 0.533. The van der Waals surface area contributed by atoms with Crippen molar-refractivity contribution in [2.45, 2.75) is 11.7 Å². The van der Waals surface area contributed by atoms with Crippen LogP contribution in [0, 0.1) is 0 Å². The predicted octanol–water partition coefficient (Wildman–Crippen LogP) is -0.601. The summed E-state index contributed by atoms with van der Waals surface area (Å²) in [5.74, 6) is -0.741. The number of carboxylic acids is 1. The molecule has 0 aliphatic heterocycles. The van der Waals surface area contributed by atoms with E-state index in [0.717, 1.165) is 0 Å². The normalized spacial score (nSPS) is 11.7. The molecule has 0 spiro atoms. The minimum absolute atomic E-state index is 0. The van der Waals surface area contributed by atoms with Crippen molar-refractivity contribution in [3.63, 3.8) is 0 Å². The Morgan fingerprint density at radius 2 is 2.00 bits per heavy atom. The van der Waals surface area contributed by atoms with Crippen LogP contribution < -0.4 is 0 Å². The van der Waals surface area contributed by atoms with Crippen molar-refractivity contribution < 1.29 is 9.90 Å². The van der Waals surface area contributed by atoms with Crippen molar-refractivity contribution in [3.05, 3.63) is 0 Å². The number of hydrogen-bond acceptors (Lipinski definition) is 1. The van der Waals surface area contributed by atoms with Crippen LogP contribution in [0.1, 0.15) is 6.92 Å². The van der Waals surface area contributed by atoms with Gasteiger partial charge in [0.25, 0.3) is 0 Å². The van der Waals surface area contributed by atoms with Gasteiger partial charge in [-0.3, -0.25) is 0 Å². The fourth-order valence-corrected chi connectivity index (χ4v) is 0. The molecule has 2 nitrogen and oxygen atoms in total. The van der Waals surface area contributed by atoms with E-state index < -0.39 is 5.97 Å². The number of carboxylic acid groups (broad SMARTS) is 1. The van der Waals surface area contributed by atoms with Gasteiger partial charge in [0.2, 0.25) is 0 Å². The van der Waals surface area contributed by atoms with Crippen LogP contribution in [0.3, 0.4) is 0 Å². The Morgan fingerprint density at radius 3 is 2.00 bits per heavy atom. The van der Waals surface area contributed by atoms with Crippen LogP contribution in [0.4, 0.5) is 0 Å². The topological polar surface area (TPSA) is 37.3 Å². The maximum atomic E-state index is 9.70. The van der Waals surface area contributed by atoms with Crippen LogP contribution in [0.2, 0.25) is 4.75 Å². The van der Waals surface area contributed by atoms with Gasteiger partial charge in [-0.15, -0.1) is 0 Å². The van der Waals surface area contributed by atoms with Gasteiger partial charge in [-0.1, -0.05) is 0 Å². The van der Waals surface area contributed by atoms with Crippen molar-refractivity contribution in [3.8, 4) is 0 Å². The van der Waals surface area contributed by atoms with Gasteiger partial charge >= 0.3 is 73.6 Å². The summed E-state index contributed by atoms with van der Waals surface area (Å²) in [7, 11) is 0. The van der Waals surface area contributed by atoms with E-state index in [1.807, 2.05) is 0 Å². The molecule has 0 heterocycles. The van der Waals surface area contributed by atoms with Crippen molar-refractivity contribution in [2.75, 3.05) is 0 Å². The molecule has 1 N–H and O–H groups in total. The molecule has 0 saturated heterocycles. The molecule has 0 aromatic carbocycles. The molecule has 0 amide bonds. The molecule has 35 valence electrons. The molecule has 0 aliphatic carbocycles. The zero-order valence-electron chi connectivity index (χ0n) is 3.43. The van der Waals surface area contributed by atoms with Crippen molar-refractivity contribution >= 4 is 52.0 Å². The first kappa shape index (κ1) is 10.9. The van der Waals surface area contributed by atoms with Gasteiger partial charge in [0.05, 0.1) is 0 Å². The molecule has 7 heavy (non-hydrogen) atoms. The van der Waals surface area contributed by atoms with Crippen molar-refractivity contribution in [1.82, 2.24) is 0 Å². The molecule has 0 aromatic heterocycles. The van der Waals surface area contributed by atoms with E-state index in [2.05, 4.69) is 0 Å². The van der Waals surface area contributed by atoms with E-state index in [1.165, 1.54) is 0 Å². The summed E-state index contributed by atoms with van der Waals surface area (Å²) in [5.41, 5.74) is 0. The van der Waals surface area contributed by atoms with Gasteiger partial charge in [-0.25, -0.2) is 0 Å². The van der Waals surface area contributed by atoms with E-state index in [-0.39, 0.29) is 34.3 Å². The molecule has 0 aliphatic rings. The average Bonchev–Trinajstić information content (AvgIpc) is 1.36. The molecule has 1 atom stereocenters. The zero-order chi connectivity index (χ0) is 5.15. The van der Waals surface area contributed by atoms with Gasteiger partial charge in [0.1, 0.15) is 0 Å². The second-order valence-electron chi connectivity index (χ2n) is 1.06. The SMILES string of the molecule is C[CH]([Ge])C(=O)O.[NaH]. The minimum atomic E-state index is -0.741. The van der Waals surface area contributed by atoms with Gasteiger partial charge in [0, 0.05) is 0 Å². The Bertz CT molecular complexity index is 64.0. The van der Waals surface area contributed by atoms with Crippen molar-refractivity contribution in [2.24, 2.45) is 0 Å². The Morgan fingerprint density at radius 1 is 1.86 bits per heavy atom. The molecule has 0 rings (SSSR count). The van der Waals surface area contributed by atoms with E-state index in [4.69, 9.17) is 5.11 Å². The molecule has 1 unspecified atom stereocenters. The van der Waals surface area contributed by atoms with Gasteiger partial charge < -0.3 is 0 Å². The summed E-state index contributed by atoms with van der Waals surface area (Å²) < 4.78 is -0.231. The Balaban J connectivity index is 0. The summed E-state index contributed by atoms with van der Waals surface area (Å²) in [6.07, 6.45) is 0. The summed E-state index contributed by atoms with van der Waals surface area (Å²) >= 11 is 1.64. The predicted molar refractivity (Wildman–Crippen MR) is 30.0 cm³/mol. The Labute approximate surface area is 73.2 Å². The first-order valence-corrected chi connectivity index (χ1v) is 2.79. The third-order valence-electron chi connectivity index (χ3n) is 0.370. The fourth-order valence-electron chi connectivity index (χ4n) is 0. The average molecular weight is 170 g/mol. The van der Waals surface area contributed by atoms with Crippen LogP contribution in [-0.2, 0) is 4.79 Å². The third-order valence-corrected chi connectivity index (χ3v) is 0.889. The molecule has 0 saturated carbocycles. The van der Waals surface area contributed by atoms with Crippen LogP contribution in [0.25, 0.3) is 0 Å². The Kier molecular flexibility index (Phi) is 8.03. The number of rotatable bonds is 1. The first-order chi connectivity index (χ1) is 2.64. The van der Waals surface area contributed by atoms with Crippen LogP contribution in [-0.4, -0.2) is 57.1 Å². The monoisotopic (exact) mass is 171 g/mol. The number of hydrogen-bond donors (Lipinski definition) is 1. The zero-order valence-corrected chi connectivity index (χ0v) is 5.53.